The minimum absolute atomic E-state index is 0. The molecule has 36 heavy (non-hydrogen) atoms. The van der Waals surface area contributed by atoms with Crippen LogP contribution in [0.4, 0.5) is 4.39 Å². The second kappa shape index (κ2) is 12.6. The molecule has 3 aromatic rings. The van der Waals surface area contributed by atoms with Crippen molar-refractivity contribution in [2.45, 2.75) is 55.2 Å². The van der Waals surface area contributed by atoms with Gasteiger partial charge in [0.15, 0.2) is 5.78 Å². The normalized spacial score (nSPS) is 19.3. The fourth-order valence-electron chi connectivity index (χ4n) is 4.74. The highest BCUT2D eigenvalue weighted by Gasteiger charge is 2.33. The Kier molecular flexibility index (Phi) is 9.79. The minimum Gasteiger partial charge on any atom is -0.300 e. The van der Waals surface area contributed by atoms with Crippen LogP contribution in [0.3, 0.4) is 0 Å². The van der Waals surface area contributed by atoms with Crippen molar-refractivity contribution in [1.29, 1.82) is 0 Å². The molecule has 1 fully saturated rings. The molecule has 1 aliphatic rings. The standard InChI is InChI=1S/C28H30FNO4S.ClH/c1-30-24(19-27(31)21-9-4-2-5-10-21)13-8-14-25(30)20-28(22-11-6-3-7-12-22)34-35(32,33)26-17-15-23(29)16-18-26;/h2-7,9-12,15-18,24-25,28H,8,13-14,19-20H2,1H3;1H. The number of rotatable bonds is 9. The van der Waals surface area contributed by atoms with Crippen molar-refractivity contribution < 1.29 is 21.8 Å². The predicted octanol–water partition coefficient (Wildman–Crippen LogP) is 6.21. The van der Waals surface area contributed by atoms with Gasteiger partial charge in [0.25, 0.3) is 10.1 Å². The Morgan fingerprint density at radius 1 is 0.944 bits per heavy atom. The van der Waals surface area contributed by atoms with Gasteiger partial charge in [-0.2, -0.15) is 8.42 Å². The third-order valence-corrected chi connectivity index (χ3v) is 8.08. The zero-order valence-corrected chi connectivity index (χ0v) is 21.8. The van der Waals surface area contributed by atoms with Crippen LogP contribution >= 0.6 is 12.4 Å². The molecule has 192 valence electrons. The molecule has 0 spiro atoms. The molecule has 3 unspecified atom stereocenters. The van der Waals surface area contributed by atoms with E-state index < -0.39 is 22.0 Å². The molecule has 0 saturated carbocycles. The van der Waals surface area contributed by atoms with E-state index in [2.05, 4.69) is 4.90 Å². The van der Waals surface area contributed by atoms with Crippen LogP contribution in [-0.2, 0) is 14.3 Å². The molecule has 8 heteroatoms. The van der Waals surface area contributed by atoms with Crippen molar-refractivity contribution in [3.8, 4) is 0 Å². The molecule has 1 aliphatic heterocycles. The van der Waals surface area contributed by atoms with Gasteiger partial charge in [-0.05, 0) is 56.1 Å². The molecule has 3 atom stereocenters. The molecule has 0 bridgehead atoms. The van der Waals surface area contributed by atoms with Crippen LogP contribution in [0, 0.1) is 5.82 Å². The van der Waals surface area contributed by atoms with Gasteiger partial charge in [-0.1, -0.05) is 67.1 Å². The molecule has 0 N–H and O–H groups in total. The van der Waals surface area contributed by atoms with Crippen LogP contribution < -0.4 is 0 Å². The smallest absolute Gasteiger partial charge is 0.297 e. The summed E-state index contributed by atoms with van der Waals surface area (Å²) in [4.78, 5) is 14.9. The highest BCUT2D eigenvalue weighted by Crippen LogP contribution is 2.34. The van der Waals surface area contributed by atoms with Crippen molar-refractivity contribution in [2.75, 3.05) is 7.05 Å². The summed E-state index contributed by atoms with van der Waals surface area (Å²) < 4.78 is 45.1. The number of Topliss-reactive ketones (excluding diaryl/α,β-unsaturated/α-hetero) is 1. The number of piperidine rings is 1. The second-order valence-electron chi connectivity index (χ2n) is 9.04. The molecular weight excluding hydrogens is 501 g/mol. The first-order chi connectivity index (χ1) is 16.8. The number of benzene rings is 3. The average Bonchev–Trinajstić information content (AvgIpc) is 2.87. The minimum atomic E-state index is -4.10. The first-order valence-corrected chi connectivity index (χ1v) is 13.3. The maximum absolute atomic E-state index is 13.3. The van der Waals surface area contributed by atoms with Gasteiger partial charge in [0.1, 0.15) is 11.9 Å². The Labute approximate surface area is 218 Å². The Morgan fingerprint density at radius 3 is 2.17 bits per heavy atom. The molecular formula is C28H31ClFNO4S. The molecule has 1 heterocycles. The number of hydrogen-bond acceptors (Lipinski definition) is 5. The van der Waals surface area contributed by atoms with Crippen molar-refractivity contribution in [3.05, 3.63) is 102 Å². The molecule has 3 aromatic carbocycles. The van der Waals surface area contributed by atoms with Gasteiger partial charge >= 0.3 is 0 Å². The van der Waals surface area contributed by atoms with Crippen molar-refractivity contribution in [1.82, 2.24) is 4.90 Å². The van der Waals surface area contributed by atoms with Crippen LogP contribution in [0.5, 0.6) is 0 Å². The molecule has 0 amide bonds. The Hall–Kier alpha value is -2.58. The summed E-state index contributed by atoms with van der Waals surface area (Å²) in [7, 11) is -2.10. The number of halogens is 2. The molecule has 1 saturated heterocycles. The van der Waals surface area contributed by atoms with Gasteiger partial charge in [0.2, 0.25) is 0 Å². The summed E-state index contributed by atoms with van der Waals surface area (Å²) in [5.41, 5.74) is 1.47. The lowest BCUT2D eigenvalue weighted by molar-refractivity contribution is 0.0626. The Morgan fingerprint density at radius 2 is 1.53 bits per heavy atom. The van der Waals surface area contributed by atoms with Crippen molar-refractivity contribution in [2.24, 2.45) is 0 Å². The summed E-state index contributed by atoms with van der Waals surface area (Å²) >= 11 is 0. The lowest BCUT2D eigenvalue weighted by atomic mass is 9.88. The quantitative estimate of drug-likeness (QED) is 0.242. The van der Waals surface area contributed by atoms with Gasteiger partial charge in [0, 0.05) is 24.1 Å². The van der Waals surface area contributed by atoms with E-state index in [0.717, 1.165) is 37.0 Å². The maximum Gasteiger partial charge on any atom is 0.297 e. The number of carbonyl (C=O) groups is 1. The van der Waals surface area contributed by atoms with Crippen LogP contribution in [0.1, 0.15) is 54.1 Å². The molecule has 0 radical (unpaired) electrons. The predicted molar refractivity (Wildman–Crippen MR) is 140 cm³/mol. The highest BCUT2D eigenvalue weighted by atomic mass is 35.5. The fraction of sp³-hybridized carbons (Fsp3) is 0.321. The Bertz CT molecular complexity index is 1220. The number of hydrogen-bond donors (Lipinski definition) is 0. The molecule has 0 aromatic heterocycles. The third kappa shape index (κ3) is 7.01. The summed E-state index contributed by atoms with van der Waals surface area (Å²) in [5.74, 6) is -0.402. The van der Waals surface area contributed by atoms with Gasteiger partial charge in [0.05, 0.1) is 4.90 Å². The largest absolute Gasteiger partial charge is 0.300 e. The molecule has 5 nitrogen and oxygen atoms in total. The molecule has 4 rings (SSSR count). The van der Waals surface area contributed by atoms with Crippen LogP contribution in [0.25, 0.3) is 0 Å². The van der Waals surface area contributed by atoms with Gasteiger partial charge in [-0.15, -0.1) is 12.4 Å². The van der Waals surface area contributed by atoms with E-state index in [9.17, 15) is 17.6 Å². The summed E-state index contributed by atoms with van der Waals surface area (Å²) in [6.45, 7) is 0. The SMILES string of the molecule is CN1C(CC(=O)c2ccccc2)CCCC1CC(OS(=O)(=O)c1ccc(F)cc1)c1ccccc1.Cl. The van der Waals surface area contributed by atoms with Crippen LogP contribution in [0.15, 0.2) is 89.8 Å². The van der Waals surface area contributed by atoms with E-state index in [4.69, 9.17) is 4.18 Å². The van der Waals surface area contributed by atoms with E-state index in [1.54, 1.807) is 0 Å². The first-order valence-electron chi connectivity index (χ1n) is 11.9. The van der Waals surface area contributed by atoms with Crippen molar-refractivity contribution >= 4 is 28.3 Å². The number of likely N-dealkylation sites (tertiary alicyclic amines) is 1. The molecule has 0 aliphatic carbocycles. The van der Waals surface area contributed by atoms with Gasteiger partial charge in [-0.25, -0.2) is 4.39 Å². The Balaban J connectivity index is 0.00000361. The summed E-state index contributed by atoms with van der Waals surface area (Å²) in [6.07, 6.45) is 2.92. The number of carbonyl (C=O) groups excluding carboxylic acids is 1. The number of nitrogens with zero attached hydrogens (tertiary/aromatic N) is 1. The fourth-order valence-corrected chi connectivity index (χ4v) is 5.81. The maximum atomic E-state index is 13.3. The zero-order valence-electron chi connectivity index (χ0n) is 20.1. The van der Waals surface area contributed by atoms with E-state index in [1.165, 1.54) is 12.1 Å². The van der Waals surface area contributed by atoms with Crippen molar-refractivity contribution in [3.63, 3.8) is 0 Å². The van der Waals surface area contributed by atoms with E-state index in [-0.39, 0.29) is 35.2 Å². The van der Waals surface area contributed by atoms with E-state index in [1.807, 2.05) is 67.7 Å². The summed E-state index contributed by atoms with van der Waals surface area (Å²) in [6, 6.07) is 23.3. The van der Waals surface area contributed by atoms with Gasteiger partial charge in [-0.3, -0.25) is 13.9 Å². The monoisotopic (exact) mass is 531 g/mol. The van der Waals surface area contributed by atoms with Gasteiger partial charge < -0.3 is 0 Å². The number of ketones is 1. The summed E-state index contributed by atoms with van der Waals surface area (Å²) in [5, 5.41) is 0. The lowest BCUT2D eigenvalue weighted by Crippen LogP contribution is -2.45. The topological polar surface area (TPSA) is 63.7 Å². The average molecular weight is 532 g/mol. The second-order valence-corrected chi connectivity index (χ2v) is 10.6. The highest BCUT2D eigenvalue weighted by molar-refractivity contribution is 7.86. The van der Waals surface area contributed by atoms with E-state index in [0.29, 0.717) is 18.4 Å². The lowest BCUT2D eigenvalue weighted by Gasteiger charge is -2.40. The van der Waals surface area contributed by atoms with E-state index >= 15 is 0 Å². The van der Waals surface area contributed by atoms with Crippen LogP contribution in [0.2, 0.25) is 0 Å². The zero-order chi connectivity index (χ0) is 24.8. The van der Waals surface area contributed by atoms with Crippen LogP contribution in [-0.4, -0.2) is 38.2 Å². The first kappa shape index (κ1) is 28.0. The third-order valence-electron chi connectivity index (χ3n) is 6.75.